The SMILES string of the molecule is CCCN(CCC)C(=O)c1nc(C(=O)Nc2cccc(OC)c2)n2ccccc12. The number of aromatic nitrogens is 2. The molecule has 0 fully saturated rings. The molecule has 29 heavy (non-hydrogen) atoms. The molecule has 0 aliphatic carbocycles. The molecule has 0 aliphatic heterocycles. The van der Waals surface area contributed by atoms with Gasteiger partial charge in [0.2, 0.25) is 5.82 Å². The maximum absolute atomic E-state index is 13.1. The first-order valence-electron chi connectivity index (χ1n) is 9.80. The molecular formula is C22H26N4O3. The van der Waals surface area contributed by atoms with E-state index in [0.717, 1.165) is 12.8 Å². The average Bonchev–Trinajstić information content (AvgIpc) is 3.13. The van der Waals surface area contributed by atoms with Crippen molar-refractivity contribution in [3.8, 4) is 5.75 Å². The summed E-state index contributed by atoms with van der Waals surface area (Å²) in [6.45, 7) is 5.39. The van der Waals surface area contributed by atoms with Gasteiger partial charge in [-0.05, 0) is 37.1 Å². The van der Waals surface area contributed by atoms with Crippen LogP contribution in [0.2, 0.25) is 0 Å². The van der Waals surface area contributed by atoms with Gasteiger partial charge in [-0.2, -0.15) is 0 Å². The van der Waals surface area contributed by atoms with E-state index >= 15 is 0 Å². The Morgan fingerprint density at radius 2 is 1.86 bits per heavy atom. The summed E-state index contributed by atoms with van der Waals surface area (Å²) in [6, 6.07) is 12.5. The number of nitrogens with zero attached hydrogens (tertiary/aromatic N) is 3. The summed E-state index contributed by atoms with van der Waals surface area (Å²) in [5.41, 5.74) is 1.50. The topological polar surface area (TPSA) is 75.9 Å². The molecule has 1 aromatic carbocycles. The first kappa shape index (κ1) is 20.4. The number of anilines is 1. The smallest absolute Gasteiger partial charge is 0.292 e. The molecule has 0 aliphatic rings. The van der Waals surface area contributed by atoms with Crippen molar-refractivity contribution in [3.05, 3.63) is 60.2 Å². The van der Waals surface area contributed by atoms with Crippen LogP contribution in [0.1, 0.15) is 47.8 Å². The zero-order valence-corrected chi connectivity index (χ0v) is 17.0. The first-order valence-corrected chi connectivity index (χ1v) is 9.80. The van der Waals surface area contributed by atoms with E-state index in [1.54, 1.807) is 59.0 Å². The number of pyridine rings is 1. The minimum Gasteiger partial charge on any atom is -0.497 e. The Labute approximate surface area is 170 Å². The number of hydrogen-bond donors (Lipinski definition) is 1. The molecule has 1 N–H and O–H groups in total. The highest BCUT2D eigenvalue weighted by molar-refractivity contribution is 6.06. The number of fused-ring (bicyclic) bond motifs is 1. The molecule has 2 aromatic heterocycles. The molecule has 2 heterocycles. The number of ether oxygens (including phenoxy) is 1. The van der Waals surface area contributed by atoms with Crippen molar-refractivity contribution in [1.82, 2.24) is 14.3 Å². The van der Waals surface area contributed by atoms with E-state index in [-0.39, 0.29) is 11.7 Å². The second kappa shape index (κ2) is 9.23. The average molecular weight is 394 g/mol. The van der Waals surface area contributed by atoms with Crippen LogP contribution in [0.4, 0.5) is 5.69 Å². The van der Waals surface area contributed by atoms with Crippen molar-refractivity contribution >= 4 is 23.0 Å². The Bertz CT molecular complexity index is 1010. The Kier molecular flexibility index (Phi) is 6.49. The summed E-state index contributed by atoms with van der Waals surface area (Å²) in [5.74, 6) is 0.259. The molecule has 152 valence electrons. The number of amides is 2. The summed E-state index contributed by atoms with van der Waals surface area (Å²) in [5, 5.41) is 2.83. The zero-order valence-electron chi connectivity index (χ0n) is 17.0. The lowest BCUT2D eigenvalue weighted by atomic mass is 10.2. The van der Waals surface area contributed by atoms with Crippen molar-refractivity contribution in [1.29, 1.82) is 0 Å². The fourth-order valence-corrected chi connectivity index (χ4v) is 3.25. The number of rotatable bonds is 8. The van der Waals surface area contributed by atoms with Crippen molar-refractivity contribution in [2.75, 3.05) is 25.5 Å². The number of carbonyl (C=O) groups excluding carboxylic acids is 2. The van der Waals surface area contributed by atoms with Crippen LogP contribution in [0.5, 0.6) is 5.75 Å². The molecule has 7 heteroatoms. The Balaban J connectivity index is 1.96. The van der Waals surface area contributed by atoms with E-state index < -0.39 is 5.91 Å². The summed E-state index contributed by atoms with van der Waals surface area (Å²) >= 11 is 0. The van der Waals surface area contributed by atoms with Crippen molar-refractivity contribution < 1.29 is 14.3 Å². The summed E-state index contributed by atoms with van der Waals surface area (Å²) in [4.78, 5) is 32.3. The van der Waals surface area contributed by atoms with Crippen LogP contribution in [-0.4, -0.2) is 46.3 Å². The van der Waals surface area contributed by atoms with Crippen LogP contribution >= 0.6 is 0 Å². The molecule has 0 saturated carbocycles. The molecule has 0 bridgehead atoms. The summed E-state index contributed by atoms with van der Waals surface area (Å²) in [7, 11) is 1.57. The number of hydrogen-bond acceptors (Lipinski definition) is 4. The van der Waals surface area contributed by atoms with Gasteiger partial charge in [0.05, 0.1) is 12.6 Å². The molecule has 3 aromatic rings. The number of methoxy groups -OCH3 is 1. The third-order valence-electron chi connectivity index (χ3n) is 4.56. The van der Waals surface area contributed by atoms with Gasteiger partial charge in [0.1, 0.15) is 5.75 Å². The van der Waals surface area contributed by atoms with Gasteiger partial charge in [0.15, 0.2) is 5.69 Å². The maximum atomic E-state index is 13.1. The second-order valence-electron chi connectivity index (χ2n) is 6.72. The summed E-state index contributed by atoms with van der Waals surface area (Å²) in [6.07, 6.45) is 3.46. The highest BCUT2D eigenvalue weighted by atomic mass is 16.5. The maximum Gasteiger partial charge on any atom is 0.292 e. The lowest BCUT2D eigenvalue weighted by molar-refractivity contribution is 0.0752. The first-order chi connectivity index (χ1) is 14.1. The van der Waals surface area contributed by atoms with Crippen LogP contribution < -0.4 is 10.1 Å². The van der Waals surface area contributed by atoms with Gasteiger partial charge in [-0.3, -0.25) is 14.0 Å². The Hall–Kier alpha value is -3.35. The largest absolute Gasteiger partial charge is 0.497 e. The molecule has 0 spiro atoms. The molecule has 3 rings (SSSR count). The van der Waals surface area contributed by atoms with Crippen molar-refractivity contribution in [3.63, 3.8) is 0 Å². The third kappa shape index (κ3) is 4.39. The fraction of sp³-hybridized carbons (Fsp3) is 0.318. The molecule has 7 nitrogen and oxygen atoms in total. The van der Waals surface area contributed by atoms with Crippen molar-refractivity contribution in [2.24, 2.45) is 0 Å². The van der Waals surface area contributed by atoms with Gasteiger partial charge < -0.3 is 15.0 Å². The molecular weight excluding hydrogens is 368 g/mol. The van der Waals surface area contributed by atoms with E-state index in [1.165, 1.54) is 0 Å². The minimum absolute atomic E-state index is 0.155. The molecule has 0 unspecified atom stereocenters. The van der Waals surface area contributed by atoms with Gasteiger partial charge in [0, 0.05) is 31.0 Å². The number of carbonyl (C=O) groups is 2. The van der Waals surface area contributed by atoms with Crippen LogP contribution in [0.3, 0.4) is 0 Å². The van der Waals surface area contributed by atoms with E-state index in [2.05, 4.69) is 10.3 Å². The number of imidazole rings is 1. The third-order valence-corrected chi connectivity index (χ3v) is 4.56. The van der Waals surface area contributed by atoms with Gasteiger partial charge in [-0.25, -0.2) is 4.98 Å². The van der Waals surface area contributed by atoms with Crippen molar-refractivity contribution in [2.45, 2.75) is 26.7 Å². The fourth-order valence-electron chi connectivity index (χ4n) is 3.25. The van der Waals surface area contributed by atoms with E-state index in [9.17, 15) is 9.59 Å². The van der Waals surface area contributed by atoms with E-state index in [4.69, 9.17) is 4.74 Å². The number of benzene rings is 1. The predicted molar refractivity (Wildman–Crippen MR) is 113 cm³/mol. The van der Waals surface area contributed by atoms with Gasteiger partial charge in [-0.15, -0.1) is 0 Å². The van der Waals surface area contributed by atoms with Gasteiger partial charge in [-0.1, -0.05) is 26.0 Å². The lowest BCUT2D eigenvalue weighted by Crippen LogP contribution is -2.33. The Morgan fingerprint density at radius 1 is 1.10 bits per heavy atom. The van der Waals surface area contributed by atoms with E-state index in [1.807, 2.05) is 19.9 Å². The van der Waals surface area contributed by atoms with Gasteiger partial charge in [0.25, 0.3) is 11.8 Å². The monoisotopic (exact) mass is 394 g/mol. The highest BCUT2D eigenvalue weighted by Gasteiger charge is 2.24. The van der Waals surface area contributed by atoms with Crippen LogP contribution in [-0.2, 0) is 0 Å². The van der Waals surface area contributed by atoms with Crippen LogP contribution in [0, 0.1) is 0 Å². The Morgan fingerprint density at radius 3 is 2.55 bits per heavy atom. The van der Waals surface area contributed by atoms with Crippen LogP contribution in [0.15, 0.2) is 48.7 Å². The van der Waals surface area contributed by atoms with Gasteiger partial charge >= 0.3 is 0 Å². The molecule has 0 atom stereocenters. The summed E-state index contributed by atoms with van der Waals surface area (Å²) < 4.78 is 6.85. The van der Waals surface area contributed by atoms with Crippen LogP contribution in [0.25, 0.3) is 5.52 Å². The molecule has 0 radical (unpaired) electrons. The number of nitrogens with one attached hydrogen (secondary N) is 1. The van der Waals surface area contributed by atoms with E-state index in [0.29, 0.717) is 35.7 Å². The predicted octanol–water partition coefficient (Wildman–Crippen LogP) is 3.86. The highest BCUT2D eigenvalue weighted by Crippen LogP contribution is 2.20. The second-order valence-corrected chi connectivity index (χ2v) is 6.72. The standard InChI is InChI=1S/C22H26N4O3/c1-4-12-25(13-5-2)22(28)19-18-11-6-7-14-26(18)20(24-19)21(27)23-16-9-8-10-17(15-16)29-3/h6-11,14-15H,4-5,12-13H2,1-3H3,(H,23,27). The minimum atomic E-state index is -0.393. The quantitative estimate of drug-likeness (QED) is 0.629. The normalized spacial score (nSPS) is 10.7. The molecule has 2 amide bonds. The zero-order chi connectivity index (χ0) is 20.8. The molecule has 0 saturated heterocycles. The lowest BCUT2D eigenvalue weighted by Gasteiger charge is -2.20.